The van der Waals surface area contributed by atoms with Gasteiger partial charge in [0, 0.05) is 45.7 Å². The van der Waals surface area contributed by atoms with E-state index in [9.17, 15) is 0 Å². The lowest BCUT2D eigenvalue weighted by atomic mass is 9.88. The molecule has 1 heterocycles. The van der Waals surface area contributed by atoms with E-state index in [4.69, 9.17) is 0 Å². The van der Waals surface area contributed by atoms with Gasteiger partial charge in [-0.2, -0.15) is 0 Å². The van der Waals surface area contributed by atoms with Gasteiger partial charge >= 0.3 is 0 Å². The van der Waals surface area contributed by atoms with Crippen LogP contribution in [0.1, 0.15) is 29.9 Å². The van der Waals surface area contributed by atoms with Gasteiger partial charge < -0.3 is 20.4 Å². The average molecular weight is 536 g/mol. The standard InChI is InChI=1S/C25H37N5.HI/c1-26-25(28-16-19-30-18-9-17-29(2)20-21-30)27-15-14-24(22-10-5-3-6-11-22)23-12-7-4-8-13-23;/h3-8,10-13,24H,9,14-21H2,1-2H3,(H2,26,27,28);1H. The van der Waals surface area contributed by atoms with Crippen LogP contribution in [0.25, 0.3) is 0 Å². The third-order valence-electron chi connectivity index (χ3n) is 5.89. The number of nitrogens with one attached hydrogen (secondary N) is 2. The van der Waals surface area contributed by atoms with Gasteiger partial charge in [-0.15, -0.1) is 24.0 Å². The summed E-state index contributed by atoms with van der Waals surface area (Å²) in [7, 11) is 4.06. The first kappa shape index (κ1) is 25.6. The Bertz CT molecular complexity index is 714. The molecule has 5 nitrogen and oxygen atoms in total. The van der Waals surface area contributed by atoms with Gasteiger partial charge in [-0.1, -0.05) is 60.7 Å². The van der Waals surface area contributed by atoms with Crippen molar-refractivity contribution in [2.24, 2.45) is 4.99 Å². The fourth-order valence-electron chi connectivity index (χ4n) is 4.11. The SMILES string of the molecule is CN=C(NCCC(c1ccccc1)c1ccccc1)NCCN1CCCN(C)CC1.I. The molecule has 0 aliphatic carbocycles. The van der Waals surface area contributed by atoms with E-state index in [0.29, 0.717) is 5.92 Å². The van der Waals surface area contributed by atoms with Crippen LogP contribution < -0.4 is 10.6 Å². The van der Waals surface area contributed by atoms with E-state index in [2.05, 4.69) is 93.1 Å². The zero-order valence-corrected chi connectivity index (χ0v) is 21.3. The third-order valence-corrected chi connectivity index (χ3v) is 5.89. The lowest BCUT2D eigenvalue weighted by Gasteiger charge is -2.22. The van der Waals surface area contributed by atoms with E-state index in [-0.39, 0.29) is 24.0 Å². The number of nitrogens with zero attached hydrogens (tertiary/aromatic N) is 3. The first-order valence-corrected chi connectivity index (χ1v) is 11.2. The van der Waals surface area contributed by atoms with Gasteiger partial charge in [-0.05, 0) is 44.1 Å². The van der Waals surface area contributed by atoms with Crippen molar-refractivity contribution < 1.29 is 0 Å². The van der Waals surface area contributed by atoms with Crippen LogP contribution in [0.15, 0.2) is 65.7 Å². The number of likely N-dealkylation sites (N-methyl/N-ethyl adjacent to an activating group) is 1. The van der Waals surface area contributed by atoms with Crippen LogP contribution >= 0.6 is 24.0 Å². The number of hydrogen-bond acceptors (Lipinski definition) is 3. The quantitative estimate of drug-likeness (QED) is 0.308. The van der Waals surface area contributed by atoms with Crippen molar-refractivity contribution in [3.05, 3.63) is 71.8 Å². The van der Waals surface area contributed by atoms with E-state index >= 15 is 0 Å². The molecule has 1 aliphatic rings. The predicted molar refractivity (Wildman–Crippen MR) is 143 cm³/mol. The van der Waals surface area contributed by atoms with E-state index in [1.165, 1.54) is 30.6 Å². The number of rotatable bonds is 8. The van der Waals surface area contributed by atoms with Gasteiger partial charge in [0.2, 0.25) is 0 Å². The van der Waals surface area contributed by atoms with E-state index in [1.807, 2.05) is 7.05 Å². The third kappa shape index (κ3) is 8.79. The molecule has 0 atom stereocenters. The lowest BCUT2D eigenvalue weighted by Crippen LogP contribution is -2.42. The molecule has 2 aromatic rings. The lowest BCUT2D eigenvalue weighted by molar-refractivity contribution is 0.280. The summed E-state index contributed by atoms with van der Waals surface area (Å²) in [5.41, 5.74) is 2.72. The summed E-state index contributed by atoms with van der Waals surface area (Å²) in [6, 6.07) is 21.6. The molecule has 0 aromatic heterocycles. The molecule has 1 fully saturated rings. The number of aliphatic imine (C=N–C) groups is 1. The van der Waals surface area contributed by atoms with Gasteiger partial charge in [0.25, 0.3) is 0 Å². The Morgan fingerprint density at radius 1 is 0.871 bits per heavy atom. The monoisotopic (exact) mass is 535 g/mol. The molecular formula is C25H38IN5. The summed E-state index contributed by atoms with van der Waals surface area (Å²) in [4.78, 5) is 9.38. The fourth-order valence-corrected chi connectivity index (χ4v) is 4.11. The molecule has 2 N–H and O–H groups in total. The largest absolute Gasteiger partial charge is 0.356 e. The number of guanidine groups is 1. The summed E-state index contributed by atoms with van der Waals surface area (Å²) < 4.78 is 0. The second-order valence-electron chi connectivity index (χ2n) is 8.09. The minimum atomic E-state index is 0. The van der Waals surface area contributed by atoms with E-state index in [0.717, 1.165) is 45.1 Å². The molecule has 3 rings (SSSR count). The van der Waals surface area contributed by atoms with E-state index < -0.39 is 0 Å². The molecule has 0 spiro atoms. The smallest absolute Gasteiger partial charge is 0.191 e. The Hall–Kier alpha value is -1.64. The van der Waals surface area contributed by atoms with Crippen LogP contribution in [0.4, 0.5) is 0 Å². The number of benzene rings is 2. The molecule has 1 saturated heterocycles. The first-order valence-electron chi connectivity index (χ1n) is 11.2. The van der Waals surface area contributed by atoms with Crippen LogP contribution in [-0.4, -0.2) is 75.7 Å². The summed E-state index contributed by atoms with van der Waals surface area (Å²) >= 11 is 0. The van der Waals surface area contributed by atoms with Crippen molar-refractivity contribution in [1.29, 1.82) is 0 Å². The fraction of sp³-hybridized carbons (Fsp3) is 0.480. The molecule has 31 heavy (non-hydrogen) atoms. The predicted octanol–water partition coefficient (Wildman–Crippen LogP) is 3.63. The Morgan fingerprint density at radius 3 is 2.10 bits per heavy atom. The maximum atomic E-state index is 4.41. The second kappa shape index (κ2) is 14.4. The summed E-state index contributed by atoms with van der Waals surface area (Å²) in [5.74, 6) is 1.27. The van der Waals surface area contributed by atoms with Gasteiger partial charge in [-0.25, -0.2) is 0 Å². The van der Waals surface area contributed by atoms with Crippen LogP contribution in [0.5, 0.6) is 0 Å². The summed E-state index contributed by atoms with van der Waals surface area (Å²) in [5, 5.41) is 6.99. The van der Waals surface area contributed by atoms with Crippen molar-refractivity contribution >= 4 is 29.9 Å². The maximum absolute atomic E-state index is 4.41. The van der Waals surface area contributed by atoms with Crippen molar-refractivity contribution in [3.63, 3.8) is 0 Å². The van der Waals surface area contributed by atoms with Gasteiger partial charge in [-0.3, -0.25) is 4.99 Å². The second-order valence-corrected chi connectivity index (χ2v) is 8.09. The highest BCUT2D eigenvalue weighted by Crippen LogP contribution is 2.27. The molecule has 0 unspecified atom stereocenters. The van der Waals surface area contributed by atoms with Gasteiger partial charge in [0.1, 0.15) is 0 Å². The van der Waals surface area contributed by atoms with Gasteiger partial charge in [0.05, 0.1) is 0 Å². The van der Waals surface area contributed by atoms with Crippen molar-refractivity contribution in [2.75, 3.05) is 59.9 Å². The molecule has 170 valence electrons. The minimum absolute atomic E-state index is 0. The normalized spacial score (nSPS) is 15.9. The Morgan fingerprint density at radius 2 is 1.48 bits per heavy atom. The molecule has 0 radical (unpaired) electrons. The zero-order valence-electron chi connectivity index (χ0n) is 19.0. The number of hydrogen-bond donors (Lipinski definition) is 2. The first-order chi connectivity index (χ1) is 14.8. The molecule has 0 amide bonds. The van der Waals surface area contributed by atoms with Gasteiger partial charge in [0.15, 0.2) is 5.96 Å². The van der Waals surface area contributed by atoms with Crippen molar-refractivity contribution in [2.45, 2.75) is 18.8 Å². The minimum Gasteiger partial charge on any atom is -0.356 e. The molecule has 1 aliphatic heterocycles. The van der Waals surface area contributed by atoms with E-state index in [1.54, 1.807) is 0 Å². The Balaban J connectivity index is 0.00000341. The summed E-state index contributed by atoms with van der Waals surface area (Å²) in [6.07, 6.45) is 2.27. The topological polar surface area (TPSA) is 42.9 Å². The van der Waals surface area contributed by atoms with Crippen LogP contribution in [0, 0.1) is 0 Å². The molecule has 6 heteroatoms. The molecular weight excluding hydrogens is 497 g/mol. The van der Waals surface area contributed by atoms with Crippen LogP contribution in [-0.2, 0) is 0 Å². The zero-order chi connectivity index (χ0) is 21.0. The van der Waals surface area contributed by atoms with Crippen molar-refractivity contribution in [1.82, 2.24) is 20.4 Å². The highest BCUT2D eigenvalue weighted by Gasteiger charge is 2.14. The molecule has 2 aromatic carbocycles. The highest BCUT2D eigenvalue weighted by atomic mass is 127. The van der Waals surface area contributed by atoms with Crippen molar-refractivity contribution in [3.8, 4) is 0 Å². The highest BCUT2D eigenvalue weighted by molar-refractivity contribution is 14.0. The molecule has 0 saturated carbocycles. The van der Waals surface area contributed by atoms with Crippen LogP contribution in [0.2, 0.25) is 0 Å². The average Bonchev–Trinajstić information content (AvgIpc) is 3.00. The Labute approximate surface area is 205 Å². The summed E-state index contributed by atoms with van der Waals surface area (Å²) in [6.45, 7) is 7.57. The van der Waals surface area contributed by atoms with Crippen LogP contribution in [0.3, 0.4) is 0 Å². The maximum Gasteiger partial charge on any atom is 0.191 e. The Kier molecular flexibility index (Phi) is 11.9. The molecule has 0 bridgehead atoms. The number of halogens is 1.